The normalized spacial score (nSPS) is 10.9. The van der Waals surface area contributed by atoms with Gasteiger partial charge in [0.1, 0.15) is 12.4 Å². The Morgan fingerprint density at radius 2 is 1.52 bits per heavy atom. The van der Waals surface area contributed by atoms with Gasteiger partial charge in [0.2, 0.25) is 0 Å². The molecule has 0 aliphatic rings. The predicted octanol–water partition coefficient (Wildman–Crippen LogP) is 0.602. The topological polar surface area (TPSA) is 9.23 Å². The molecule has 21 heavy (non-hydrogen) atoms. The van der Waals surface area contributed by atoms with Crippen molar-refractivity contribution in [3.63, 3.8) is 0 Å². The first-order valence-corrected chi connectivity index (χ1v) is 5.73. The minimum Gasteiger partial charge on any atom is -0.489 e. The monoisotopic (exact) mass is 326 g/mol. The van der Waals surface area contributed by atoms with E-state index in [1.54, 1.807) is 0 Å². The zero-order valence-electron chi connectivity index (χ0n) is 11.1. The summed E-state index contributed by atoms with van der Waals surface area (Å²) in [5, 5.41) is 0. The van der Waals surface area contributed by atoms with Gasteiger partial charge in [-0.1, -0.05) is 24.3 Å². The minimum absolute atomic E-state index is 0. The van der Waals surface area contributed by atoms with E-state index in [1.165, 1.54) is 12.1 Å². The second-order valence-electron chi connectivity index (χ2n) is 4.15. The quantitative estimate of drug-likeness (QED) is 0.591. The van der Waals surface area contributed by atoms with Gasteiger partial charge in [0.05, 0.1) is 0 Å². The molecule has 0 atom stereocenters. The fourth-order valence-electron chi connectivity index (χ4n) is 1.60. The summed E-state index contributed by atoms with van der Waals surface area (Å²) < 4.78 is 68.6. The molecule has 1 nitrogen and oxygen atoms in total. The fourth-order valence-corrected chi connectivity index (χ4v) is 1.60. The van der Waals surface area contributed by atoms with Crippen LogP contribution in [0.15, 0.2) is 42.5 Å². The third-order valence-electron chi connectivity index (χ3n) is 2.68. The first-order valence-electron chi connectivity index (χ1n) is 5.73. The average molecular weight is 326 g/mol. The standard InChI is InChI=1S/C13H9BF5O.K/c15-12-3-1-2-9(13(12)16)8-20-11-6-4-10(5-7-11)14(17,18)19;/h1-7H,8H2;/q-1;+1. The largest absolute Gasteiger partial charge is 1.00 e. The van der Waals surface area contributed by atoms with Crippen LogP contribution in [-0.2, 0) is 6.61 Å². The van der Waals surface area contributed by atoms with Crippen LogP contribution >= 0.6 is 0 Å². The molecule has 0 N–H and O–H groups in total. The summed E-state index contributed by atoms with van der Waals surface area (Å²) in [6, 6.07) is 7.69. The molecule has 0 bridgehead atoms. The molecule has 0 aromatic heterocycles. The number of rotatable bonds is 4. The number of hydrogen-bond donors (Lipinski definition) is 0. The average Bonchev–Trinajstić information content (AvgIpc) is 2.40. The molecule has 0 fully saturated rings. The molecule has 2 aromatic rings. The summed E-state index contributed by atoms with van der Waals surface area (Å²) in [5.74, 6) is -1.87. The van der Waals surface area contributed by atoms with Crippen molar-refractivity contribution in [1.29, 1.82) is 0 Å². The van der Waals surface area contributed by atoms with Gasteiger partial charge in [-0.2, -0.15) is 0 Å². The number of halogens is 5. The molecular formula is C13H9BF5KO. The smallest absolute Gasteiger partial charge is 0.489 e. The van der Waals surface area contributed by atoms with Crippen LogP contribution in [-0.4, -0.2) is 6.98 Å². The molecule has 2 aromatic carbocycles. The molecule has 0 radical (unpaired) electrons. The van der Waals surface area contributed by atoms with Gasteiger partial charge >= 0.3 is 58.4 Å². The Kier molecular flexibility index (Phi) is 6.86. The third kappa shape index (κ3) is 5.07. The van der Waals surface area contributed by atoms with Crippen molar-refractivity contribution in [2.45, 2.75) is 6.61 Å². The molecular weight excluding hydrogens is 317 g/mol. The van der Waals surface area contributed by atoms with Crippen LogP contribution in [0.4, 0.5) is 21.7 Å². The summed E-state index contributed by atoms with van der Waals surface area (Å²) in [5.41, 5.74) is -0.747. The van der Waals surface area contributed by atoms with Crippen molar-refractivity contribution in [3.05, 3.63) is 59.7 Å². The van der Waals surface area contributed by atoms with E-state index in [0.717, 1.165) is 30.3 Å². The van der Waals surface area contributed by atoms with Crippen molar-refractivity contribution in [2.24, 2.45) is 0 Å². The molecule has 0 aliphatic heterocycles. The molecule has 2 rings (SSSR count). The maximum Gasteiger partial charge on any atom is 1.00 e. The maximum atomic E-state index is 13.3. The van der Waals surface area contributed by atoms with Gasteiger partial charge in [0, 0.05) is 5.56 Å². The predicted molar refractivity (Wildman–Crippen MR) is 65.8 cm³/mol. The molecule has 106 valence electrons. The first kappa shape index (κ1) is 18.6. The van der Waals surface area contributed by atoms with E-state index in [-0.39, 0.29) is 69.3 Å². The van der Waals surface area contributed by atoms with E-state index in [4.69, 9.17) is 4.74 Å². The van der Waals surface area contributed by atoms with Crippen LogP contribution in [0.3, 0.4) is 0 Å². The Hall–Kier alpha value is -0.409. The van der Waals surface area contributed by atoms with Crippen LogP contribution in [0, 0.1) is 11.6 Å². The zero-order chi connectivity index (χ0) is 14.8. The van der Waals surface area contributed by atoms with Gasteiger partial charge in [-0.25, -0.2) is 8.78 Å². The van der Waals surface area contributed by atoms with Gasteiger partial charge in [-0.3, -0.25) is 0 Å². The van der Waals surface area contributed by atoms with E-state index in [2.05, 4.69) is 0 Å². The van der Waals surface area contributed by atoms with Crippen molar-refractivity contribution in [1.82, 2.24) is 0 Å². The van der Waals surface area contributed by atoms with E-state index in [9.17, 15) is 21.7 Å². The van der Waals surface area contributed by atoms with Gasteiger partial charge in [-0.05, 0) is 18.2 Å². The summed E-state index contributed by atoms with van der Waals surface area (Å²) in [6.07, 6.45) is 0. The van der Waals surface area contributed by atoms with Crippen molar-refractivity contribution >= 4 is 12.4 Å². The van der Waals surface area contributed by atoms with E-state index in [1.807, 2.05) is 0 Å². The van der Waals surface area contributed by atoms with Crippen LogP contribution in [0.25, 0.3) is 0 Å². The van der Waals surface area contributed by atoms with Gasteiger partial charge in [-0.15, -0.1) is 5.46 Å². The van der Waals surface area contributed by atoms with Gasteiger partial charge in [0.15, 0.2) is 11.6 Å². The summed E-state index contributed by atoms with van der Waals surface area (Å²) in [7, 11) is 0. The van der Waals surface area contributed by atoms with Crippen molar-refractivity contribution < 1.29 is 77.8 Å². The van der Waals surface area contributed by atoms with Crippen LogP contribution in [0.5, 0.6) is 5.75 Å². The Morgan fingerprint density at radius 1 is 0.905 bits per heavy atom. The van der Waals surface area contributed by atoms with Crippen LogP contribution < -0.4 is 61.6 Å². The SMILES string of the molecule is Fc1cccc(COc2ccc([B-](F)(F)F)cc2)c1F.[K+]. The summed E-state index contributed by atoms with van der Waals surface area (Å²) in [4.78, 5) is 0. The Morgan fingerprint density at radius 3 is 2.10 bits per heavy atom. The maximum absolute atomic E-state index is 13.3. The molecule has 0 amide bonds. The number of hydrogen-bond acceptors (Lipinski definition) is 1. The summed E-state index contributed by atoms with van der Waals surface area (Å²) >= 11 is 0. The molecule has 0 saturated carbocycles. The van der Waals surface area contributed by atoms with E-state index < -0.39 is 24.1 Å². The first-order chi connectivity index (χ1) is 9.38. The van der Waals surface area contributed by atoms with Gasteiger partial charge in [0.25, 0.3) is 0 Å². The number of ether oxygens (including phenoxy) is 1. The minimum atomic E-state index is -5.05. The zero-order valence-corrected chi connectivity index (χ0v) is 14.2. The van der Waals surface area contributed by atoms with E-state index in [0.29, 0.717) is 0 Å². The molecule has 0 unspecified atom stereocenters. The second-order valence-corrected chi connectivity index (χ2v) is 4.15. The molecule has 0 heterocycles. The third-order valence-corrected chi connectivity index (χ3v) is 2.68. The summed E-state index contributed by atoms with van der Waals surface area (Å²) in [6.45, 7) is -5.32. The molecule has 0 saturated heterocycles. The Labute approximate surface area is 161 Å². The molecule has 0 aliphatic carbocycles. The van der Waals surface area contributed by atoms with Gasteiger partial charge < -0.3 is 17.7 Å². The van der Waals surface area contributed by atoms with Crippen molar-refractivity contribution in [3.8, 4) is 5.75 Å². The van der Waals surface area contributed by atoms with Crippen LogP contribution in [0.2, 0.25) is 0 Å². The van der Waals surface area contributed by atoms with Crippen LogP contribution in [0.1, 0.15) is 5.56 Å². The fraction of sp³-hybridized carbons (Fsp3) is 0.0769. The molecule has 8 heteroatoms. The Balaban J connectivity index is 0.00000220. The molecule has 0 spiro atoms. The Bertz CT molecular complexity index is 601. The number of benzene rings is 2. The van der Waals surface area contributed by atoms with E-state index >= 15 is 0 Å². The van der Waals surface area contributed by atoms with Crippen molar-refractivity contribution in [2.75, 3.05) is 0 Å². The second kappa shape index (κ2) is 7.73.